The van der Waals surface area contributed by atoms with Crippen LogP contribution in [0, 0.1) is 0 Å². The lowest BCUT2D eigenvalue weighted by atomic mass is 10.1. The Kier molecular flexibility index (Phi) is 2.32. The van der Waals surface area contributed by atoms with Gasteiger partial charge in [-0.25, -0.2) is 19.3 Å². The summed E-state index contributed by atoms with van der Waals surface area (Å²) in [4.78, 5) is 7.93. The lowest BCUT2D eigenvalue weighted by Gasteiger charge is -2.06. The minimum Gasteiger partial charge on any atom is -0.223 e. The van der Waals surface area contributed by atoms with Crippen molar-refractivity contribution in [3.63, 3.8) is 0 Å². The Hall–Kier alpha value is -3.02. The predicted molar refractivity (Wildman–Crippen MR) is 73.8 cm³/mol. The summed E-state index contributed by atoms with van der Waals surface area (Å²) < 4.78 is 3.48. The summed E-state index contributed by atoms with van der Waals surface area (Å²) >= 11 is 0. The van der Waals surface area contributed by atoms with Gasteiger partial charge in [0.05, 0.1) is 11.4 Å². The van der Waals surface area contributed by atoms with Gasteiger partial charge in [0.15, 0.2) is 0 Å². The first kappa shape index (κ1) is 10.9. The highest BCUT2D eigenvalue weighted by Crippen LogP contribution is 2.21. The van der Waals surface area contributed by atoms with E-state index in [0.717, 1.165) is 22.1 Å². The van der Waals surface area contributed by atoms with Crippen molar-refractivity contribution < 1.29 is 0 Å². The van der Waals surface area contributed by atoms with Crippen LogP contribution in [0.5, 0.6) is 0 Å². The topological polar surface area (TPSA) is 61.4 Å². The summed E-state index contributed by atoms with van der Waals surface area (Å²) in [5.74, 6) is 0. The van der Waals surface area contributed by atoms with Gasteiger partial charge in [-0.05, 0) is 35.0 Å². The van der Waals surface area contributed by atoms with Crippen molar-refractivity contribution >= 4 is 10.8 Å². The fourth-order valence-corrected chi connectivity index (χ4v) is 2.19. The van der Waals surface area contributed by atoms with Gasteiger partial charge in [-0.3, -0.25) is 0 Å². The van der Waals surface area contributed by atoms with Gasteiger partial charge in [-0.1, -0.05) is 12.1 Å². The number of hydrogen-bond donors (Lipinski definition) is 0. The zero-order chi connectivity index (χ0) is 13.4. The van der Waals surface area contributed by atoms with E-state index in [9.17, 15) is 0 Å². The second-order valence-electron chi connectivity index (χ2n) is 4.40. The van der Waals surface area contributed by atoms with Crippen LogP contribution >= 0.6 is 0 Å². The fraction of sp³-hybridized carbons (Fsp3) is 0. The molecular weight excluding hydrogens is 252 g/mol. The molecule has 4 rings (SSSR count). The third-order valence-electron chi connectivity index (χ3n) is 3.17. The Balaban J connectivity index is 1.88. The highest BCUT2D eigenvalue weighted by molar-refractivity contribution is 5.86. The molecule has 0 atom stereocenters. The fourth-order valence-electron chi connectivity index (χ4n) is 2.19. The molecule has 2 aromatic heterocycles. The standard InChI is InChI=1S/C14H10N6/c1-3-13(19-9-15-7-17-19)5-12-6-14(4-2-11(1)12)20-10-16-8-18-20/h1-10H. The van der Waals surface area contributed by atoms with Crippen LogP contribution in [0.3, 0.4) is 0 Å². The van der Waals surface area contributed by atoms with E-state index in [1.54, 1.807) is 22.0 Å². The molecule has 0 N–H and O–H groups in total. The van der Waals surface area contributed by atoms with Gasteiger partial charge in [0.2, 0.25) is 0 Å². The Labute approximate surface area is 114 Å². The molecule has 0 amide bonds. The van der Waals surface area contributed by atoms with Gasteiger partial charge in [-0.15, -0.1) is 0 Å². The van der Waals surface area contributed by atoms with Crippen LogP contribution in [0.15, 0.2) is 61.7 Å². The molecule has 0 aliphatic rings. The summed E-state index contributed by atoms with van der Waals surface area (Å²) in [5.41, 5.74) is 1.96. The molecule has 6 nitrogen and oxygen atoms in total. The van der Waals surface area contributed by atoms with Crippen molar-refractivity contribution in [3.8, 4) is 11.4 Å². The van der Waals surface area contributed by atoms with Crippen molar-refractivity contribution in [2.75, 3.05) is 0 Å². The minimum atomic E-state index is 0.978. The van der Waals surface area contributed by atoms with Crippen molar-refractivity contribution in [2.24, 2.45) is 0 Å². The summed E-state index contributed by atoms with van der Waals surface area (Å²) in [6.45, 7) is 0. The molecular formula is C14H10N6. The molecule has 0 saturated heterocycles. The van der Waals surface area contributed by atoms with Gasteiger partial charge in [0.25, 0.3) is 0 Å². The van der Waals surface area contributed by atoms with Crippen LogP contribution in [0.4, 0.5) is 0 Å². The summed E-state index contributed by atoms with van der Waals surface area (Å²) in [6, 6.07) is 12.3. The van der Waals surface area contributed by atoms with E-state index in [-0.39, 0.29) is 0 Å². The second-order valence-corrected chi connectivity index (χ2v) is 4.40. The summed E-state index contributed by atoms with van der Waals surface area (Å²) in [5, 5.41) is 10.6. The minimum absolute atomic E-state index is 0.978. The van der Waals surface area contributed by atoms with Gasteiger partial charge in [0, 0.05) is 0 Å². The molecule has 4 aromatic rings. The van der Waals surface area contributed by atoms with E-state index >= 15 is 0 Å². The summed E-state index contributed by atoms with van der Waals surface area (Å²) in [7, 11) is 0. The van der Waals surface area contributed by atoms with Gasteiger partial charge < -0.3 is 0 Å². The molecule has 0 aliphatic carbocycles. The average Bonchev–Trinajstić information content (AvgIpc) is 3.19. The number of rotatable bonds is 2. The van der Waals surface area contributed by atoms with Crippen LogP contribution in [0.2, 0.25) is 0 Å². The number of fused-ring (bicyclic) bond motifs is 1. The molecule has 0 aliphatic heterocycles. The maximum atomic E-state index is 4.14. The summed E-state index contributed by atoms with van der Waals surface area (Å²) in [6.07, 6.45) is 6.41. The molecule has 0 spiro atoms. The van der Waals surface area contributed by atoms with Gasteiger partial charge in [0.1, 0.15) is 25.3 Å². The lowest BCUT2D eigenvalue weighted by molar-refractivity contribution is 0.877. The van der Waals surface area contributed by atoms with E-state index in [1.807, 2.05) is 12.1 Å². The van der Waals surface area contributed by atoms with E-state index in [0.29, 0.717) is 0 Å². The SMILES string of the molecule is c1ncn(-c2ccc3ccc(-n4cncn4)cc3c2)n1. The largest absolute Gasteiger partial charge is 0.223 e. The van der Waals surface area contributed by atoms with E-state index in [1.165, 1.54) is 12.7 Å². The first-order chi connectivity index (χ1) is 9.90. The predicted octanol–water partition coefficient (Wildman–Crippen LogP) is 2.00. The van der Waals surface area contributed by atoms with Crippen LogP contribution < -0.4 is 0 Å². The van der Waals surface area contributed by atoms with Crippen LogP contribution in [0.1, 0.15) is 0 Å². The molecule has 0 radical (unpaired) electrons. The van der Waals surface area contributed by atoms with Gasteiger partial charge >= 0.3 is 0 Å². The molecule has 0 fully saturated rings. The highest BCUT2D eigenvalue weighted by atomic mass is 15.3. The molecule has 96 valence electrons. The van der Waals surface area contributed by atoms with Crippen molar-refractivity contribution in [1.29, 1.82) is 0 Å². The lowest BCUT2D eigenvalue weighted by Crippen LogP contribution is -1.96. The molecule has 6 heteroatoms. The maximum Gasteiger partial charge on any atom is 0.138 e. The third-order valence-corrected chi connectivity index (χ3v) is 3.17. The van der Waals surface area contributed by atoms with Crippen LogP contribution in [0.25, 0.3) is 22.1 Å². The maximum absolute atomic E-state index is 4.14. The zero-order valence-corrected chi connectivity index (χ0v) is 10.5. The average molecular weight is 262 g/mol. The Morgan fingerprint density at radius 3 is 1.65 bits per heavy atom. The number of nitrogens with zero attached hydrogens (tertiary/aromatic N) is 6. The van der Waals surface area contributed by atoms with Crippen molar-refractivity contribution in [1.82, 2.24) is 29.5 Å². The number of hydrogen-bond acceptors (Lipinski definition) is 4. The van der Waals surface area contributed by atoms with E-state index in [2.05, 4.69) is 44.4 Å². The van der Waals surface area contributed by atoms with E-state index in [4.69, 9.17) is 0 Å². The quantitative estimate of drug-likeness (QED) is 0.554. The van der Waals surface area contributed by atoms with E-state index < -0.39 is 0 Å². The molecule has 2 heterocycles. The molecule has 0 bridgehead atoms. The van der Waals surface area contributed by atoms with Crippen molar-refractivity contribution in [2.45, 2.75) is 0 Å². The zero-order valence-electron chi connectivity index (χ0n) is 10.5. The Bertz CT molecular complexity index is 780. The molecule has 0 unspecified atom stereocenters. The smallest absolute Gasteiger partial charge is 0.138 e. The van der Waals surface area contributed by atoms with Crippen LogP contribution in [-0.4, -0.2) is 29.5 Å². The Morgan fingerprint density at radius 1 is 0.650 bits per heavy atom. The molecule has 2 aromatic carbocycles. The van der Waals surface area contributed by atoms with Gasteiger partial charge in [-0.2, -0.15) is 10.2 Å². The normalized spacial score (nSPS) is 11.0. The van der Waals surface area contributed by atoms with Crippen molar-refractivity contribution in [3.05, 3.63) is 61.7 Å². The third kappa shape index (κ3) is 1.74. The highest BCUT2D eigenvalue weighted by Gasteiger charge is 2.02. The monoisotopic (exact) mass is 262 g/mol. The first-order valence-corrected chi connectivity index (χ1v) is 6.14. The van der Waals surface area contributed by atoms with Crippen LogP contribution in [-0.2, 0) is 0 Å². The number of aromatic nitrogens is 6. The Morgan fingerprint density at radius 2 is 1.20 bits per heavy atom. The molecule has 0 saturated carbocycles. The number of benzene rings is 2. The first-order valence-electron chi connectivity index (χ1n) is 6.14. The second kappa shape index (κ2) is 4.27. The molecule has 20 heavy (non-hydrogen) atoms.